The van der Waals surface area contributed by atoms with E-state index in [9.17, 15) is 9.59 Å². The van der Waals surface area contributed by atoms with Gasteiger partial charge in [0.2, 0.25) is 11.8 Å². The molecule has 0 bridgehead atoms. The summed E-state index contributed by atoms with van der Waals surface area (Å²) in [7, 11) is 3.10. The number of nitrogens with one attached hydrogen (secondary N) is 1. The Morgan fingerprint density at radius 1 is 1.13 bits per heavy atom. The molecule has 2 heterocycles. The lowest BCUT2D eigenvalue weighted by Crippen LogP contribution is -2.33. The summed E-state index contributed by atoms with van der Waals surface area (Å²) >= 11 is 0. The fourth-order valence-corrected chi connectivity index (χ4v) is 3.73. The Balaban J connectivity index is 1.41. The molecular formula is C22H24N2O6. The van der Waals surface area contributed by atoms with E-state index in [0.717, 1.165) is 5.56 Å². The standard InChI is InChI=1S/C22H24N2O6/c1-27-17-7-6-16(11-19(17)28-2)24-13-15(10-20(24)25)22(26)23-12-14-4-3-5-18-21(14)30-9-8-29-18/h3-7,11,15H,8-10,12-13H2,1-2H3,(H,23,26). The lowest BCUT2D eigenvalue weighted by Gasteiger charge is -2.21. The van der Waals surface area contributed by atoms with Gasteiger partial charge in [-0.2, -0.15) is 0 Å². The van der Waals surface area contributed by atoms with Gasteiger partial charge in [-0.3, -0.25) is 9.59 Å². The van der Waals surface area contributed by atoms with Crippen LogP contribution in [0.25, 0.3) is 0 Å². The maximum absolute atomic E-state index is 12.7. The predicted octanol–water partition coefficient (Wildman–Crippen LogP) is 2.14. The van der Waals surface area contributed by atoms with Gasteiger partial charge in [-0.05, 0) is 18.2 Å². The van der Waals surface area contributed by atoms with E-state index >= 15 is 0 Å². The number of fused-ring (bicyclic) bond motifs is 1. The number of amides is 2. The number of carbonyl (C=O) groups is 2. The highest BCUT2D eigenvalue weighted by Gasteiger charge is 2.35. The van der Waals surface area contributed by atoms with Crippen molar-refractivity contribution in [3.05, 3.63) is 42.0 Å². The first-order valence-electron chi connectivity index (χ1n) is 9.78. The Kier molecular flexibility index (Phi) is 5.65. The molecule has 2 aliphatic heterocycles. The maximum Gasteiger partial charge on any atom is 0.227 e. The van der Waals surface area contributed by atoms with Gasteiger partial charge in [-0.1, -0.05) is 12.1 Å². The third-order valence-electron chi connectivity index (χ3n) is 5.28. The molecule has 1 unspecified atom stereocenters. The van der Waals surface area contributed by atoms with Crippen LogP contribution in [0.1, 0.15) is 12.0 Å². The maximum atomic E-state index is 12.7. The van der Waals surface area contributed by atoms with Gasteiger partial charge in [0.15, 0.2) is 23.0 Å². The van der Waals surface area contributed by atoms with Crippen LogP contribution in [0.5, 0.6) is 23.0 Å². The first-order chi connectivity index (χ1) is 14.6. The molecule has 0 radical (unpaired) electrons. The van der Waals surface area contributed by atoms with Crippen LogP contribution in [-0.4, -0.2) is 45.8 Å². The summed E-state index contributed by atoms with van der Waals surface area (Å²) < 4.78 is 21.8. The molecule has 8 heteroatoms. The van der Waals surface area contributed by atoms with Gasteiger partial charge in [0.1, 0.15) is 13.2 Å². The highest BCUT2D eigenvalue weighted by atomic mass is 16.6. The fourth-order valence-electron chi connectivity index (χ4n) is 3.73. The minimum atomic E-state index is -0.428. The molecule has 8 nitrogen and oxygen atoms in total. The van der Waals surface area contributed by atoms with Crippen molar-refractivity contribution < 1.29 is 28.5 Å². The summed E-state index contributed by atoms with van der Waals surface area (Å²) in [5.41, 5.74) is 1.53. The molecule has 158 valence electrons. The Morgan fingerprint density at radius 2 is 1.93 bits per heavy atom. The number of hydrogen-bond acceptors (Lipinski definition) is 6. The third-order valence-corrected chi connectivity index (χ3v) is 5.28. The lowest BCUT2D eigenvalue weighted by molar-refractivity contribution is -0.126. The second kappa shape index (κ2) is 8.52. The van der Waals surface area contributed by atoms with Crippen molar-refractivity contribution in [1.82, 2.24) is 5.32 Å². The largest absolute Gasteiger partial charge is 0.493 e. The molecule has 2 amide bonds. The van der Waals surface area contributed by atoms with Crippen molar-refractivity contribution in [3.63, 3.8) is 0 Å². The van der Waals surface area contributed by atoms with E-state index in [1.807, 2.05) is 18.2 Å². The second-order valence-corrected chi connectivity index (χ2v) is 7.10. The molecule has 0 saturated carbocycles. The zero-order valence-corrected chi connectivity index (χ0v) is 17.0. The number of benzene rings is 2. The number of rotatable bonds is 6. The number of methoxy groups -OCH3 is 2. The van der Waals surface area contributed by atoms with Gasteiger partial charge < -0.3 is 29.2 Å². The molecule has 2 aromatic carbocycles. The minimum absolute atomic E-state index is 0.101. The minimum Gasteiger partial charge on any atom is -0.493 e. The highest BCUT2D eigenvalue weighted by molar-refractivity contribution is 6.00. The molecule has 1 atom stereocenters. The summed E-state index contributed by atoms with van der Waals surface area (Å²) in [4.78, 5) is 26.9. The predicted molar refractivity (Wildman–Crippen MR) is 109 cm³/mol. The zero-order chi connectivity index (χ0) is 21.1. The summed E-state index contributed by atoms with van der Waals surface area (Å²) in [6.45, 7) is 1.62. The molecule has 2 aromatic rings. The van der Waals surface area contributed by atoms with Crippen molar-refractivity contribution in [2.45, 2.75) is 13.0 Å². The smallest absolute Gasteiger partial charge is 0.227 e. The molecule has 30 heavy (non-hydrogen) atoms. The summed E-state index contributed by atoms with van der Waals surface area (Å²) in [5, 5.41) is 2.93. The van der Waals surface area contributed by atoms with Crippen LogP contribution in [0.15, 0.2) is 36.4 Å². The van der Waals surface area contributed by atoms with E-state index in [-0.39, 0.29) is 18.2 Å². The van der Waals surface area contributed by atoms with Crippen LogP contribution in [0, 0.1) is 5.92 Å². The van der Waals surface area contributed by atoms with Gasteiger partial charge in [0, 0.05) is 36.8 Å². The molecule has 2 aliphatic rings. The number of anilines is 1. The highest BCUT2D eigenvalue weighted by Crippen LogP contribution is 2.35. The molecule has 0 aromatic heterocycles. The van der Waals surface area contributed by atoms with E-state index in [2.05, 4.69) is 5.32 Å². The third kappa shape index (κ3) is 3.85. The molecular weight excluding hydrogens is 388 g/mol. The van der Waals surface area contributed by atoms with Crippen LogP contribution in [0.3, 0.4) is 0 Å². The van der Waals surface area contributed by atoms with Crippen molar-refractivity contribution in [2.24, 2.45) is 5.92 Å². The number of para-hydroxylation sites is 1. The number of hydrogen-bond donors (Lipinski definition) is 1. The number of ether oxygens (including phenoxy) is 4. The van der Waals surface area contributed by atoms with Crippen molar-refractivity contribution >= 4 is 17.5 Å². The van der Waals surface area contributed by atoms with E-state index in [4.69, 9.17) is 18.9 Å². The van der Waals surface area contributed by atoms with Crippen LogP contribution in [0.2, 0.25) is 0 Å². The van der Waals surface area contributed by atoms with E-state index in [0.29, 0.717) is 55.0 Å². The van der Waals surface area contributed by atoms with Crippen molar-refractivity contribution in [2.75, 3.05) is 38.9 Å². The average molecular weight is 412 g/mol. The Bertz CT molecular complexity index is 961. The van der Waals surface area contributed by atoms with Gasteiger partial charge in [0.05, 0.1) is 20.1 Å². The Hall–Kier alpha value is -3.42. The van der Waals surface area contributed by atoms with Crippen LogP contribution < -0.4 is 29.2 Å². The van der Waals surface area contributed by atoms with Gasteiger partial charge in [-0.15, -0.1) is 0 Å². The topological polar surface area (TPSA) is 86.3 Å². The average Bonchev–Trinajstić information content (AvgIpc) is 3.18. The normalized spacial score (nSPS) is 17.6. The molecule has 0 aliphatic carbocycles. The molecule has 4 rings (SSSR count). The zero-order valence-electron chi connectivity index (χ0n) is 17.0. The van der Waals surface area contributed by atoms with Gasteiger partial charge in [0.25, 0.3) is 0 Å². The molecule has 1 fully saturated rings. The summed E-state index contributed by atoms with van der Waals surface area (Å²) in [6.07, 6.45) is 0.159. The molecule has 0 spiro atoms. The van der Waals surface area contributed by atoms with E-state index < -0.39 is 5.92 Å². The Morgan fingerprint density at radius 3 is 2.73 bits per heavy atom. The van der Waals surface area contributed by atoms with E-state index in [1.165, 1.54) is 0 Å². The summed E-state index contributed by atoms with van der Waals surface area (Å²) in [6, 6.07) is 10.9. The van der Waals surface area contributed by atoms with Crippen LogP contribution in [0.4, 0.5) is 5.69 Å². The SMILES string of the molecule is COc1ccc(N2CC(C(=O)NCc3cccc4c3OCCO4)CC2=O)cc1OC. The van der Waals surface area contributed by atoms with Crippen LogP contribution in [-0.2, 0) is 16.1 Å². The molecule has 1 saturated heterocycles. The fraction of sp³-hybridized carbons (Fsp3) is 0.364. The van der Waals surface area contributed by atoms with Gasteiger partial charge in [-0.25, -0.2) is 0 Å². The second-order valence-electron chi connectivity index (χ2n) is 7.10. The molecule has 1 N–H and O–H groups in total. The summed E-state index contributed by atoms with van der Waals surface area (Å²) in [5.74, 6) is 1.77. The monoisotopic (exact) mass is 412 g/mol. The lowest BCUT2D eigenvalue weighted by atomic mass is 10.1. The van der Waals surface area contributed by atoms with Gasteiger partial charge >= 0.3 is 0 Å². The van der Waals surface area contributed by atoms with E-state index in [1.54, 1.807) is 37.3 Å². The van der Waals surface area contributed by atoms with Crippen molar-refractivity contribution in [1.29, 1.82) is 0 Å². The number of carbonyl (C=O) groups excluding carboxylic acids is 2. The first kappa shape index (κ1) is 19.9. The van der Waals surface area contributed by atoms with Crippen LogP contribution >= 0.6 is 0 Å². The number of nitrogens with zero attached hydrogens (tertiary/aromatic N) is 1. The Labute approximate surface area is 174 Å². The van der Waals surface area contributed by atoms with Crippen molar-refractivity contribution in [3.8, 4) is 23.0 Å². The quantitative estimate of drug-likeness (QED) is 0.783. The first-order valence-corrected chi connectivity index (χ1v) is 9.78.